The molecule has 28 heavy (non-hydrogen) atoms. The summed E-state index contributed by atoms with van der Waals surface area (Å²) in [6.45, 7) is 4.29. The minimum atomic E-state index is -0.465. The molecule has 0 radical (unpaired) electrons. The Bertz CT molecular complexity index is 1020. The lowest BCUT2D eigenvalue weighted by Gasteiger charge is -2.32. The third-order valence-corrected chi connectivity index (χ3v) is 5.48. The van der Waals surface area contributed by atoms with E-state index in [9.17, 15) is 13.6 Å². The van der Waals surface area contributed by atoms with Gasteiger partial charge in [-0.05, 0) is 57.2 Å². The maximum absolute atomic E-state index is 13.8. The predicted octanol–water partition coefficient (Wildman–Crippen LogP) is 3.45. The van der Waals surface area contributed by atoms with Crippen molar-refractivity contribution in [2.24, 2.45) is 5.92 Å². The Balaban J connectivity index is 1.41. The molecule has 1 unspecified atom stereocenters. The molecule has 1 atom stereocenters. The smallest absolute Gasteiger partial charge is 0.272 e. The van der Waals surface area contributed by atoms with Crippen molar-refractivity contribution in [3.63, 3.8) is 0 Å². The van der Waals surface area contributed by atoms with Gasteiger partial charge in [0.15, 0.2) is 5.65 Å². The molecule has 1 aliphatic heterocycles. The molecule has 7 heteroatoms. The van der Waals surface area contributed by atoms with Crippen molar-refractivity contribution in [2.45, 2.75) is 39.2 Å². The van der Waals surface area contributed by atoms with Gasteiger partial charge in [-0.15, -0.1) is 0 Å². The minimum Gasteiger partial charge on any atom is -0.297 e. The lowest BCUT2D eigenvalue weighted by molar-refractivity contribution is 0.160. The van der Waals surface area contributed by atoms with Crippen molar-refractivity contribution >= 4 is 5.65 Å². The number of nitrogens with one attached hydrogen (secondary N) is 1. The number of hydrogen-bond donors (Lipinski definition) is 1. The quantitative estimate of drug-likeness (QED) is 0.731. The number of rotatable bonds is 5. The van der Waals surface area contributed by atoms with E-state index in [1.165, 1.54) is 22.7 Å². The van der Waals surface area contributed by atoms with Crippen LogP contribution in [0.25, 0.3) is 5.65 Å². The van der Waals surface area contributed by atoms with Crippen LogP contribution < -0.4 is 5.56 Å². The summed E-state index contributed by atoms with van der Waals surface area (Å²) in [5.74, 6) is -0.549. The highest BCUT2D eigenvalue weighted by Gasteiger charge is 2.21. The molecule has 0 saturated carbocycles. The van der Waals surface area contributed by atoms with Gasteiger partial charge >= 0.3 is 0 Å². The fraction of sp³-hybridized carbons (Fsp3) is 0.429. The monoisotopic (exact) mass is 386 g/mol. The maximum Gasteiger partial charge on any atom is 0.272 e. The molecule has 1 fully saturated rings. The van der Waals surface area contributed by atoms with E-state index in [0.717, 1.165) is 43.7 Å². The lowest BCUT2D eigenvalue weighted by atomic mass is 9.91. The number of benzene rings is 1. The number of piperidine rings is 1. The van der Waals surface area contributed by atoms with Crippen molar-refractivity contribution in [1.82, 2.24) is 19.5 Å². The summed E-state index contributed by atoms with van der Waals surface area (Å²) < 4.78 is 29.1. The largest absolute Gasteiger partial charge is 0.297 e. The standard InChI is InChI=1S/C21H24F2N4O/c1-14-10-20-24-16(11-21(28)27(20)25-14)13-26-9-3-4-15(12-26)7-8-17-18(22)5-2-6-19(17)23/h2,5-6,10-11,15,25H,3-4,7-9,12-13H2,1H3. The molecule has 3 aromatic rings. The third kappa shape index (κ3) is 3.99. The number of likely N-dealkylation sites (tertiary alicyclic amines) is 1. The summed E-state index contributed by atoms with van der Waals surface area (Å²) in [5.41, 5.74) is 2.34. The second-order valence-electron chi connectivity index (χ2n) is 7.70. The van der Waals surface area contributed by atoms with Gasteiger partial charge in [0.05, 0.1) is 5.69 Å². The van der Waals surface area contributed by atoms with E-state index in [1.54, 1.807) is 6.07 Å². The Kier molecular flexibility index (Phi) is 5.26. The lowest BCUT2D eigenvalue weighted by Crippen LogP contribution is -2.35. The number of H-pyrrole nitrogens is 1. The van der Waals surface area contributed by atoms with Crippen molar-refractivity contribution in [3.8, 4) is 0 Å². The van der Waals surface area contributed by atoms with E-state index in [-0.39, 0.29) is 11.1 Å². The highest BCUT2D eigenvalue weighted by Crippen LogP contribution is 2.24. The summed E-state index contributed by atoms with van der Waals surface area (Å²) in [6.07, 6.45) is 3.25. The number of fused-ring (bicyclic) bond motifs is 1. The Morgan fingerprint density at radius 1 is 1.25 bits per heavy atom. The number of aryl methyl sites for hydroxylation is 1. The molecule has 3 heterocycles. The summed E-state index contributed by atoms with van der Waals surface area (Å²) in [4.78, 5) is 19.1. The van der Waals surface area contributed by atoms with E-state index >= 15 is 0 Å². The van der Waals surface area contributed by atoms with Crippen LogP contribution in [0.4, 0.5) is 8.78 Å². The molecule has 1 aromatic carbocycles. The van der Waals surface area contributed by atoms with Crippen molar-refractivity contribution < 1.29 is 8.78 Å². The van der Waals surface area contributed by atoms with Crippen LogP contribution in [0.5, 0.6) is 0 Å². The van der Waals surface area contributed by atoms with Crippen molar-refractivity contribution in [3.05, 3.63) is 69.3 Å². The zero-order chi connectivity index (χ0) is 19.7. The number of halogens is 2. The van der Waals surface area contributed by atoms with Crippen LogP contribution in [-0.2, 0) is 13.0 Å². The Morgan fingerprint density at radius 3 is 2.82 bits per heavy atom. The second-order valence-corrected chi connectivity index (χ2v) is 7.70. The van der Waals surface area contributed by atoms with Gasteiger partial charge in [-0.2, -0.15) is 0 Å². The molecule has 4 rings (SSSR count). The third-order valence-electron chi connectivity index (χ3n) is 5.48. The van der Waals surface area contributed by atoms with Crippen LogP contribution in [0.2, 0.25) is 0 Å². The van der Waals surface area contributed by atoms with Gasteiger partial charge in [-0.3, -0.25) is 14.8 Å². The van der Waals surface area contributed by atoms with E-state index in [1.807, 2.05) is 13.0 Å². The number of aromatic amines is 1. The van der Waals surface area contributed by atoms with Crippen LogP contribution in [0, 0.1) is 24.5 Å². The number of hydrogen-bond acceptors (Lipinski definition) is 3. The second kappa shape index (κ2) is 7.83. The Labute approximate surface area is 162 Å². The van der Waals surface area contributed by atoms with E-state index < -0.39 is 11.6 Å². The molecule has 2 aromatic heterocycles. The summed E-state index contributed by atoms with van der Waals surface area (Å²) in [7, 11) is 0. The summed E-state index contributed by atoms with van der Waals surface area (Å²) in [6, 6.07) is 7.45. The molecule has 0 spiro atoms. The van der Waals surface area contributed by atoms with Gasteiger partial charge in [0.1, 0.15) is 11.6 Å². The average molecular weight is 386 g/mol. The number of nitrogens with zero attached hydrogens (tertiary/aromatic N) is 3. The predicted molar refractivity (Wildman–Crippen MR) is 103 cm³/mol. The first-order valence-corrected chi connectivity index (χ1v) is 9.73. The molecule has 1 saturated heterocycles. The number of aromatic nitrogens is 3. The summed E-state index contributed by atoms with van der Waals surface area (Å²) in [5, 5.41) is 2.97. The fourth-order valence-electron chi connectivity index (χ4n) is 4.12. The molecule has 0 aliphatic carbocycles. The normalized spacial score (nSPS) is 18.0. The highest BCUT2D eigenvalue weighted by molar-refractivity contribution is 5.39. The van der Waals surface area contributed by atoms with Gasteiger partial charge in [0.2, 0.25) is 0 Å². The summed E-state index contributed by atoms with van der Waals surface area (Å²) >= 11 is 0. The van der Waals surface area contributed by atoms with Crippen LogP contribution in [0.3, 0.4) is 0 Å². The van der Waals surface area contributed by atoms with Gasteiger partial charge in [-0.1, -0.05) is 6.07 Å². The molecule has 5 nitrogen and oxygen atoms in total. The SMILES string of the molecule is Cc1cc2nc(CN3CCCC(CCc4c(F)cccc4F)C3)cc(=O)n2[nH]1. The average Bonchev–Trinajstić information content (AvgIpc) is 3.02. The van der Waals surface area contributed by atoms with Crippen LogP contribution in [0.15, 0.2) is 35.1 Å². The first-order chi connectivity index (χ1) is 13.5. The van der Waals surface area contributed by atoms with Crippen LogP contribution in [0.1, 0.15) is 36.2 Å². The van der Waals surface area contributed by atoms with Crippen LogP contribution in [-0.4, -0.2) is 32.6 Å². The first-order valence-electron chi connectivity index (χ1n) is 9.73. The molecule has 0 amide bonds. The van der Waals surface area contributed by atoms with Gasteiger partial charge in [0, 0.05) is 36.5 Å². The molecule has 1 N–H and O–H groups in total. The van der Waals surface area contributed by atoms with Crippen molar-refractivity contribution in [1.29, 1.82) is 0 Å². The maximum atomic E-state index is 13.8. The van der Waals surface area contributed by atoms with Gasteiger partial charge in [-0.25, -0.2) is 18.3 Å². The molecule has 148 valence electrons. The zero-order valence-electron chi connectivity index (χ0n) is 15.9. The zero-order valence-corrected chi connectivity index (χ0v) is 15.9. The fourth-order valence-corrected chi connectivity index (χ4v) is 4.12. The minimum absolute atomic E-state index is 0.114. The van der Waals surface area contributed by atoms with Crippen LogP contribution >= 0.6 is 0 Å². The molecule has 0 bridgehead atoms. The first kappa shape index (κ1) is 18.8. The van der Waals surface area contributed by atoms with E-state index in [2.05, 4.69) is 15.0 Å². The van der Waals surface area contributed by atoms with E-state index in [4.69, 9.17) is 0 Å². The van der Waals surface area contributed by atoms with E-state index in [0.29, 0.717) is 24.5 Å². The van der Waals surface area contributed by atoms with Gasteiger partial charge in [0.25, 0.3) is 5.56 Å². The molecular weight excluding hydrogens is 362 g/mol. The molecule has 1 aliphatic rings. The molecular formula is C21H24F2N4O. The van der Waals surface area contributed by atoms with Crippen molar-refractivity contribution in [2.75, 3.05) is 13.1 Å². The van der Waals surface area contributed by atoms with Gasteiger partial charge < -0.3 is 0 Å². The Hall–Kier alpha value is -2.54. The topological polar surface area (TPSA) is 53.4 Å². The highest BCUT2D eigenvalue weighted by atomic mass is 19.1. The Morgan fingerprint density at radius 2 is 2.04 bits per heavy atom.